The van der Waals surface area contributed by atoms with E-state index in [9.17, 15) is 9.59 Å². The van der Waals surface area contributed by atoms with E-state index in [1.54, 1.807) is 0 Å². The molecule has 144 valence electrons. The molecule has 1 aliphatic carbocycles. The third kappa shape index (κ3) is 4.13. The maximum atomic E-state index is 12.8. The summed E-state index contributed by atoms with van der Waals surface area (Å²) in [6.45, 7) is -0.117. The molecule has 2 fully saturated rings. The highest BCUT2D eigenvalue weighted by Gasteiger charge is 2.34. The lowest BCUT2D eigenvalue weighted by atomic mass is 9.98. The predicted molar refractivity (Wildman–Crippen MR) is 117 cm³/mol. The number of hydrogen-bond acceptors (Lipinski definition) is 5. The molecule has 0 atom stereocenters. The fourth-order valence-corrected chi connectivity index (χ4v) is 4.94. The number of hydrogen-bond donors (Lipinski definition) is 0. The van der Waals surface area contributed by atoms with Crippen LogP contribution < -0.4 is 0 Å². The minimum absolute atomic E-state index is 0.0223. The highest BCUT2D eigenvalue weighted by Crippen LogP contribution is 2.34. The Morgan fingerprint density at radius 3 is 2.71 bits per heavy atom. The lowest BCUT2D eigenvalue weighted by molar-refractivity contribution is -0.152. The third-order valence-corrected chi connectivity index (χ3v) is 6.50. The van der Waals surface area contributed by atoms with Gasteiger partial charge in [-0.25, -0.2) is 0 Å². The molecular weight excluding hydrogens is 390 g/mol. The topological polar surface area (TPSA) is 46.6 Å². The van der Waals surface area contributed by atoms with E-state index in [0.717, 1.165) is 42.0 Å². The van der Waals surface area contributed by atoms with Crippen molar-refractivity contribution in [3.8, 4) is 0 Å². The van der Waals surface area contributed by atoms with Crippen LogP contribution in [0.25, 0.3) is 16.8 Å². The van der Waals surface area contributed by atoms with E-state index >= 15 is 0 Å². The van der Waals surface area contributed by atoms with Gasteiger partial charge >= 0.3 is 5.97 Å². The number of carbonyl (C=O) groups is 2. The van der Waals surface area contributed by atoms with Crippen molar-refractivity contribution in [1.82, 2.24) is 4.90 Å². The molecule has 1 aliphatic heterocycles. The zero-order chi connectivity index (χ0) is 19.5. The number of fused-ring (bicyclic) bond motifs is 1. The number of benzene rings is 2. The first-order valence-corrected chi connectivity index (χ1v) is 10.8. The smallest absolute Gasteiger partial charge is 0.326 e. The van der Waals surface area contributed by atoms with Gasteiger partial charge in [-0.1, -0.05) is 72.9 Å². The number of thiocarbonyl (C=S) groups is 1. The first-order chi connectivity index (χ1) is 13.6. The van der Waals surface area contributed by atoms with Gasteiger partial charge in [0.2, 0.25) is 0 Å². The maximum absolute atomic E-state index is 12.8. The molecule has 28 heavy (non-hydrogen) atoms. The molecule has 0 spiro atoms. The molecule has 2 aromatic carbocycles. The quantitative estimate of drug-likeness (QED) is 0.406. The van der Waals surface area contributed by atoms with Crippen LogP contribution in [0, 0.1) is 0 Å². The van der Waals surface area contributed by atoms with E-state index in [0.29, 0.717) is 9.23 Å². The van der Waals surface area contributed by atoms with Crippen LogP contribution in [-0.2, 0) is 14.3 Å². The van der Waals surface area contributed by atoms with Crippen molar-refractivity contribution < 1.29 is 14.3 Å². The average molecular weight is 412 g/mol. The fourth-order valence-electron chi connectivity index (χ4n) is 3.69. The van der Waals surface area contributed by atoms with Crippen LogP contribution in [0.4, 0.5) is 0 Å². The van der Waals surface area contributed by atoms with Crippen molar-refractivity contribution in [2.24, 2.45) is 0 Å². The molecule has 4 nitrogen and oxygen atoms in total. The van der Waals surface area contributed by atoms with Crippen molar-refractivity contribution in [2.75, 3.05) is 6.54 Å². The van der Waals surface area contributed by atoms with Gasteiger partial charge < -0.3 is 4.74 Å². The Kier molecular flexibility index (Phi) is 5.78. The highest BCUT2D eigenvalue weighted by atomic mass is 32.2. The van der Waals surface area contributed by atoms with Crippen LogP contribution >= 0.6 is 24.0 Å². The van der Waals surface area contributed by atoms with Crippen molar-refractivity contribution >= 4 is 57.0 Å². The number of ether oxygens (including phenoxy) is 1. The van der Waals surface area contributed by atoms with Crippen LogP contribution in [-0.4, -0.2) is 33.7 Å². The SMILES string of the molecule is O=C(CN1C(=O)/C(=C/c2cccc3ccccc23)SC1=S)OC1CCCCC1. The van der Waals surface area contributed by atoms with Crippen LogP contribution in [0.15, 0.2) is 47.4 Å². The van der Waals surface area contributed by atoms with E-state index < -0.39 is 0 Å². The maximum Gasteiger partial charge on any atom is 0.326 e. The molecule has 0 unspecified atom stereocenters. The van der Waals surface area contributed by atoms with Gasteiger partial charge in [0.15, 0.2) is 0 Å². The minimum Gasteiger partial charge on any atom is -0.461 e. The van der Waals surface area contributed by atoms with Crippen molar-refractivity contribution in [2.45, 2.75) is 38.2 Å². The second-order valence-corrected chi connectivity index (χ2v) is 8.76. The van der Waals surface area contributed by atoms with E-state index in [1.807, 2.05) is 48.5 Å². The number of amides is 1. The Morgan fingerprint density at radius 1 is 1.14 bits per heavy atom. The average Bonchev–Trinajstić information content (AvgIpc) is 2.96. The molecule has 0 N–H and O–H groups in total. The molecule has 1 saturated carbocycles. The molecule has 0 radical (unpaired) electrons. The van der Waals surface area contributed by atoms with E-state index in [1.165, 1.54) is 23.1 Å². The van der Waals surface area contributed by atoms with Crippen molar-refractivity contribution in [3.05, 3.63) is 52.9 Å². The van der Waals surface area contributed by atoms with Crippen LogP contribution in [0.2, 0.25) is 0 Å². The van der Waals surface area contributed by atoms with Gasteiger partial charge in [0.05, 0.1) is 4.91 Å². The summed E-state index contributed by atoms with van der Waals surface area (Å²) in [4.78, 5) is 27.0. The highest BCUT2D eigenvalue weighted by molar-refractivity contribution is 8.26. The summed E-state index contributed by atoms with van der Waals surface area (Å²) in [5, 5.41) is 2.19. The number of thioether (sulfide) groups is 1. The second-order valence-electron chi connectivity index (χ2n) is 7.09. The molecule has 1 heterocycles. The normalized spacial score (nSPS) is 19.6. The fraction of sp³-hybridized carbons (Fsp3) is 0.318. The lowest BCUT2D eigenvalue weighted by Crippen LogP contribution is -2.36. The van der Waals surface area contributed by atoms with Gasteiger partial charge in [-0.05, 0) is 48.1 Å². The number of nitrogens with zero attached hydrogens (tertiary/aromatic N) is 1. The third-order valence-electron chi connectivity index (χ3n) is 5.12. The molecule has 1 saturated heterocycles. The molecular formula is C22H21NO3S2. The van der Waals surface area contributed by atoms with Crippen LogP contribution in [0.1, 0.15) is 37.7 Å². The number of rotatable bonds is 4. The predicted octanol–water partition coefficient (Wildman–Crippen LogP) is 4.92. The Labute approximate surface area is 173 Å². The monoisotopic (exact) mass is 411 g/mol. The van der Waals surface area contributed by atoms with Gasteiger partial charge in [0.25, 0.3) is 5.91 Å². The summed E-state index contributed by atoms with van der Waals surface area (Å²) in [5.74, 6) is -0.613. The van der Waals surface area contributed by atoms with E-state index in [4.69, 9.17) is 17.0 Å². The first-order valence-electron chi connectivity index (χ1n) is 9.54. The molecule has 1 amide bonds. The number of carbonyl (C=O) groups excluding carboxylic acids is 2. The standard InChI is InChI=1S/C22H21NO3S2/c24-20(26-17-10-2-1-3-11-17)14-23-21(25)19(28-22(23)27)13-16-9-6-8-15-7-4-5-12-18(15)16/h4-9,12-13,17H,1-3,10-11,14H2/b19-13-. The van der Waals surface area contributed by atoms with E-state index in [2.05, 4.69) is 0 Å². The Morgan fingerprint density at radius 2 is 1.89 bits per heavy atom. The summed E-state index contributed by atoms with van der Waals surface area (Å²) >= 11 is 6.58. The lowest BCUT2D eigenvalue weighted by Gasteiger charge is -2.23. The van der Waals surface area contributed by atoms with Gasteiger partial charge in [-0.3, -0.25) is 14.5 Å². The Hall–Kier alpha value is -2.18. The number of esters is 1. The van der Waals surface area contributed by atoms with Crippen LogP contribution in [0.5, 0.6) is 0 Å². The van der Waals surface area contributed by atoms with E-state index in [-0.39, 0.29) is 24.5 Å². The zero-order valence-corrected chi connectivity index (χ0v) is 17.1. The van der Waals surface area contributed by atoms with Crippen LogP contribution in [0.3, 0.4) is 0 Å². The second kappa shape index (κ2) is 8.45. The Bertz CT molecular complexity index is 958. The Balaban J connectivity index is 1.49. The minimum atomic E-state index is -0.380. The van der Waals surface area contributed by atoms with Crippen molar-refractivity contribution in [3.63, 3.8) is 0 Å². The van der Waals surface area contributed by atoms with Gasteiger partial charge in [-0.2, -0.15) is 0 Å². The molecule has 2 aliphatic rings. The molecule has 4 rings (SSSR count). The zero-order valence-electron chi connectivity index (χ0n) is 15.4. The molecule has 0 bridgehead atoms. The van der Waals surface area contributed by atoms with Gasteiger partial charge in [0, 0.05) is 0 Å². The molecule has 2 aromatic rings. The summed E-state index contributed by atoms with van der Waals surface area (Å²) < 4.78 is 5.94. The summed E-state index contributed by atoms with van der Waals surface area (Å²) in [6.07, 6.45) is 7.02. The molecule has 0 aromatic heterocycles. The summed E-state index contributed by atoms with van der Waals surface area (Å²) in [7, 11) is 0. The molecule has 6 heteroatoms. The van der Waals surface area contributed by atoms with Crippen molar-refractivity contribution in [1.29, 1.82) is 0 Å². The summed E-state index contributed by atoms with van der Waals surface area (Å²) in [6, 6.07) is 14.0. The summed E-state index contributed by atoms with van der Waals surface area (Å²) in [5.41, 5.74) is 0.961. The van der Waals surface area contributed by atoms with Gasteiger partial charge in [0.1, 0.15) is 17.0 Å². The largest absolute Gasteiger partial charge is 0.461 e. The first kappa shape index (κ1) is 19.2. The van der Waals surface area contributed by atoms with Gasteiger partial charge in [-0.15, -0.1) is 0 Å².